The highest BCUT2D eigenvalue weighted by Crippen LogP contribution is 2.36. The summed E-state index contributed by atoms with van der Waals surface area (Å²) in [6, 6.07) is 6.28. The summed E-state index contributed by atoms with van der Waals surface area (Å²) in [6.07, 6.45) is -1.85. The Labute approximate surface area is 227 Å². The van der Waals surface area contributed by atoms with E-state index in [0.29, 0.717) is 30.0 Å². The number of carbonyl (C=O) groups excluding carboxylic acids is 1. The smallest absolute Gasteiger partial charge is 0.416 e. The zero-order valence-corrected chi connectivity index (χ0v) is 23.5. The molecule has 4 rings (SSSR count). The standard InChI is InChI=1S/C29H36F3N5O2/c1-16(22-9-8-10-24(18(22)3)29(30,31)32)11-25-23-13-20(14-33-26(23)35-19(4)34-25)36-21-12-17(2)37(15-21)27(38)39-28(5,6)7/h8-10,13-14,16-17,21,36H,11-12,15H2,1-7H3/t16-,17+,21-/m0/s1. The van der Waals surface area contributed by atoms with Crippen molar-refractivity contribution in [2.24, 2.45) is 0 Å². The predicted octanol–water partition coefficient (Wildman–Crippen LogP) is 6.82. The molecule has 2 aromatic heterocycles. The van der Waals surface area contributed by atoms with Crippen molar-refractivity contribution in [2.75, 3.05) is 11.9 Å². The molecule has 0 spiro atoms. The number of hydrogen-bond acceptors (Lipinski definition) is 6. The van der Waals surface area contributed by atoms with Crippen LogP contribution in [0.3, 0.4) is 0 Å². The Bertz CT molecular complexity index is 1370. The van der Waals surface area contributed by atoms with Gasteiger partial charge in [-0.1, -0.05) is 19.1 Å². The summed E-state index contributed by atoms with van der Waals surface area (Å²) in [5.74, 6) is 0.343. The second-order valence-electron chi connectivity index (χ2n) is 11.5. The fraction of sp³-hybridized carbons (Fsp3) is 0.517. The molecule has 10 heteroatoms. The van der Waals surface area contributed by atoms with Crippen molar-refractivity contribution in [2.45, 2.75) is 91.1 Å². The molecule has 1 aromatic carbocycles. The van der Waals surface area contributed by atoms with Gasteiger partial charge in [-0.2, -0.15) is 13.2 Å². The molecule has 1 fully saturated rings. The van der Waals surface area contributed by atoms with E-state index in [4.69, 9.17) is 4.74 Å². The molecule has 210 valence electrons. The lowest BCUT2D eigenvalue weighted by Crippen LogP contribution is -2.39. The second-order valence-corrected chi connectivity index (χ2v) is 11.5. The number of anilines is 1. The quantitative estimate of drug-likeness (QED) is 0.381. The van der Waals surface area contributed by atoms with Crippen LogP contribution in [0.2, 0.25) is 0 Å². The Morgan fingerprint density at radius 1 is 1.21 bits per heavy atom. The second kappa shape index (κ2) is 10.6. The van der Waals surface area contributed by atoms with E-state index in [1.165, 1.54) is 13.0 Å². The number of nitrogens with zero attached hydrogens (tertiary/aromatic N) is 4. The molecule has 0 bridgehead atoms. The van der Waals surface area contributed by atoms with Crippen LogP contribution in [0.4, 0.5) is 23.7 Å². The highest BCUT2D eigenvalue weighted by Gasteiger charge is 2.35. The number of likely N-dealkylation sites (tertiary alicyclic amines) is 1. The van der Waals surface area contributed by atoms with E-state index in [0.717, 1.165) is 29.3 Å². The van der Waals surface area contributed by atoms with Crippen molar-refractivity contribution in [3.05, 3.63) is 58.7 Å². The van der Waals surface area contributed by atoms with E-state index < -0.39 is 17.3 Å². The van der Waals surface area contributed by atoms with Crippen molar-refractivity contribution in [1.29, 1.82) is 0 Å². The molecule has 3 aromatic rings. The van der Waals surface area contributed by atoms with Gasteiger partial charge in [0.15, 0.2) is 5.65 Å². The van der Waals surface area contributed by atoms with E-state index in [-0.39, 0.29) is 29.7 Å². The van der Waals surface area contributed by atoms with Crippen LogP contribution in [0, 0.1) is 13.8 Å². The zero-order valence-electron chi connectivity index (χ0n) is 23.5. The van der Waals surface area contributed by atoms with Gasteiger partial charge in [-0.15, -0.1) is 0 Å². The molecule has 0 unspecified atom stereocenters. The first-order chi connectivity index (χ1) is 18.1. The van der Waals surface area contributed by atoms with Gasteiger partial charge in [0.2, 0.25) is 0 Å². The Hall–Kier alpha value is -3.43. The van der Waals surface area contributed by atoms with Gasteiger partial charge in [0, 0.05) is 24.0 Å². The van der Waals surface area contributed by atoms with Gasteiger partial charge in [-0.25, -0.2) is 19.7 Å². The first-order valence-electron chi connectivity index (χ1n) is 13.2. The molecule has 3 heterocycles. The topological polar surface area (TPSA) is 80.2 Å². The molecular formula is C29H36F3N5O2. The maximum Gasteiger partial charge on any atom is 0.416 e. The van der Waals surface area contributed by atoms with Crippen LogP contribution in [-0.2, 0) is 17.3 Å². The van der Waals surface area contributed by atoms with Crippen molar-refractivity contribution < 1.29 is 22.7 Å². The highest BCUT2D eigenvalue weighted by molar-refractivity contribution is 5.81. The molecule has 1 N–H and O–H groups in total. The monoisotopic (exact) mass is 543 g/mol. The fourth-order valence-electron chi connectivity index (χ4n) is 5.27. The number of nitrogens with one attached hydrogen (secondary N) is 1. The van der Waals surface area contributed by atoms with Crippen molar-refractivity contribution in [3.8, 4) is 0 Å². The van der Waals surface area contributed by atoms with Crippen molar-refractivity contribution in [3.63, 3.8) is 0 Å². The number of alkyl halides is 3. The third-order valence-electron chi connectivity index (χ3n) is 7.03. The Morgan fingerprint density at radius 3 is 2.59 bits per heavy atom. The Morgan fingerprint density at radius 2 is 1.92 bits per heavy atom. The zero-order chi connectivity index (χ0) is 28.7. The van der Waals surface area contributed by atoms with Gasteiger partial charge in [0.1, 0.15) is 11.4 Å². The number of amides is 1. The molecule has 39 heavy (non-hydrogen) atoms. The number of aryl methyl sites for hydroxylation is 1. The van der Waals surface area contributed by atoms with E-state index >= 15 is 0 Å². The number of pyridine rings is 1. The number of carbonyl (C=O) groups is 1. The number of hydrogen-bond donors (Lipinski definition) is 1. The van der Waals surface area contributed by atoms with Gasteiger partial charge in [0.05, 0.1) is 23.1 Å². The lowest BCUT2D eigenvalue weighted by molar-refractivity contribution is -0.138. The largest absolute Gasteiger partial charge is 0.444 e. The summed E-state index contributed by atoms with van der Waals surface area (Å²) in [6.45, 7) is 13.2. The molecule has 0 aliphatic carbocycles. The van der Waals surface area contributed by atoms with Gasteiger partial charge >= 0.3 is 12.3 Å². The Balaban J connectivity index is 1.57. The van der Waals surface area contributed by atoms with Gasteiger partial charge in [-0.3, -0.25) is 0 Å². The van der Waals surface area contributed by atoms with E-state index in [1.807, 2.05) is 40.7 Å². The summed E-state index contributed by atoms with van der Waals surface area (Å²) in [4.78, 5) is 28.0. The molecule has 1 aliphatic heterocycles. The predicted molar refractivity (Wildman–Crippen MR) is 145 cm³/mol. The van der Waals surface area contributed by atoms with Gasteiger partial charge in [0.25, 0.3) is 0 Å². The van der Waals surface area contributed by atoms with Crippen molar-refractivity contribution >= 4 is 22.8 Å². The lowest BCUT2D eigenvalue weighted by Gasteiger charge is -2.27. The molecule has 3 atom stereocenters. The van der Waals surface area contributed by atoms with Crippen LogP contribution in [0.25, 0.3) is 11.0 Å². The summed E-state index contributed by atoms with van der Waals surface area (Å²) < 4.78 is 46.0. The maximum atomic E-state index is 13.5. The molecule has 0 saturated carbocycles. The van der Waals surface area contributed by atoms with Crippen LogP contribution in [-0.4, -0.2) is 50.2 Å². The number of ether oxygens (including phenoxy) is 1. The lowest BCUT2D eigenvalue weighted by atomic mass is 9.89. The van der Waals surface area contributed by atoms with E-state index in [9.17, 15) is 18.0 Å². The summed E-state index contributed by atoms with van der Waals surface area (Å²) in [5.41, 5.74) is 1.72. The van der Waals surface area contributed by atoms with Gasteiger partial charge in [-0.05, 0) is 83.6 Å². The van der Waals surface area contributed by atoms with E-state index in [1.54, 1.807) is 24.1 Å². The third kappa shape index (κ3) is 6.59. The normalized spacial score (nSPS) is 18.9. The van der Waals surface area contributed by atoms with Gasteiger partial charge < -0.3 is 15.0 Å². The first kappa shape index (κ1) is 28.6. The number of benzene rings is 1. The SMILES string of the molecule is Cc1nc(C[C@H](C)c2cccc(C(F)(F)F)c2C)c2cc(N[C@H]3C[C@@H](C)N(C(=O)OC(C)(C)C)C3)cnc2n1. The minimum absolute atomic E-state index is 0.00765. The average Bonchev–Trinajstić information content (AvgIpc) is 3.17. The van der Waals surface area contributed by atoms with Crippen LogP contribution in [0.15, 0.2) is 30.5 Å². The summed E-state index contributed by atoms with van der Waals surface area (Å²) in [5, 5.41) is 4.23. The number of halogens is 3. The number of aromatic nitrogens is 3. The molecule has 1 saturated heterocycles. The average molecular weight is 544 g/mol. The van der Waals surface area contributed by atoms with Crippen molar-refractivity contribution in [1.82, 2.24) is 19.9 Å². The molecule has 7 nitrogen and oxygen atoms in total. The highest BCUT2D eigenvalue weighted by atomic mass is 19.4. The minimum atomic E-state index is -4.40. The number of fused-ring (bicyclic) bond motifs is 1. The molecular weight excluding hydrogens is 507 g/mol. The summed E-state index contributed by atoms with van der Waals surface area (Å²) in [7, 11) is 0. The third-order valence-corrected chi connectivity index (χ3v) is 7.03. The maximum absolute atomic E-state index is 13.5. The fourth-order valence-corrected chi connectivity index (χ4v) is 5.27. The minimum Gasteiger partial charge on any atom is -0.444 e. The van der Waals surface area contributed by atoms with Crippen LogP contribution in [0.5, 0.6) is 0 Å². The first-order valence-corrected chi connectivity index (χ1v) is 13.2. The van der Waals surface area contributed by atoms with E-state index in [2.05, 4.69) is 20.3 Å². The molecule has 1 amide bonds. The summed E-state index contributed by atoms with van der Waals surface area (Å²) >= 11 is 0. The van der Waals surface area contributed by atoms with Crippen LogP contribution < -0.4 is 5.32 Å². The molecule has 1 aliphatic rings. The van der Waals surface area contributed by atoms with Crippen LogP contribution in [0.1, 0.15) is 75.2 Å². The number of rotatable bonds is 5. The van der Waals surface area contributed by atoms with Crippen LogP contribution >= 0.6 is 0 Å². The molecule has 0 radical (unpaired) electrons. The Kier molecular flexibility index (Phi) is 7.78.